The topological polar surface area (TPSA) is 60.0 Å². The van der Waals surface area contributed by atoms with Crippen molar-refractivity contribution in [2.75, 3.05) is 34.5 Å². The van der Waals surface area contributed by atoms with Crippen molar-refractivity contribution in [3.05, 3.63) is 18.2 Å². The van der Waals surface area contributed by atoms with Crippen LogP contribution < -0.4 is 19.5 Å². The lowest BCUT2D eigenvalue weighted by molar-refractivity contribution is 0.148. The Balaban J connectivity index is 2.72. The predicted octanol–water partition coefficient (Wildman–Crippen LogP) is 1.44. The van der Waals surface area contributed by atoms with Gasteiger partial charge in [0.05, 0.1) is 27.4 Å². The van der Waals surface area contributed by atoms with E-state index in [1.54, 1.807) is 14.2 Å². The van der Waals surface area contributed by atoms with Gasteiger partial charge in [-0.1, -0.05) is 6.07 Å². The molecule has 1 aromatic rings. The molecule has 2 N–H and O–H groups in total. The Morgan fingerprint density at radius 2 is 1.79 bits per heavy atom. The fourth-order valence-electron chi connectivity index (χ4n) is 1.62. The van der Waals surface area contributed by atoms with E-state index in [2.05, 4.69) is 5.32 Å². The van der Waals surface area contributed by atoms with Crippen molar-refractivity contribution in [3.8, 4) is 17.2 Å². The summed E-state index contributed by atoms with van der Waals surface area (Å²) < 4.78 is 16.3. The van der Waals surface area contributed by atoms with Gasteiger partial charge < -0.3 is 24.6 Å². The monoisotopic (exact) mass is 269 g/mol. The van der Waals surface area contributed by atoms with Gasteiger partial charge in [0, 0.05) is 12.0 Å². The van der Waals surface area contributed by atoms with Crippen molar-refractivity contribution < 1.29 is 19.3 Å². The molecule has 5 heteroatoms. The molecule has 1 atom stereocenters. The number of methoxy groups -OCH3 is 2. The van der Waals surface area contributed by atoms with Crippen LogP contribution in [-0.4, -0.2) is 45.1 Å². The van der Waals surface area contributed by atoms with Crippen LogP contribution in [0.25, 0.3) is 0 Å². The number of hydrogen-bond donors (Lipinski definition) is 2. The summed E-state index contributed by atoms with van der Waals surface area (Å²) in [6, 6.07) is 5.48. The SMILES string of the molecule is CNC(C)(CO)CCOc1c(OC)cccc1OC. The predicted molar refractivity (Wildman–Crippen MR) is 74.2 cm³/mol. The number of nitrogens with one attached hydrogen (secondary N) is 1. The standard InChI is InChI=1S/C14H23NO4/c1-14(10-16,15-2)8-9-19-13-11(17-3)6-5-7-12(13)18-4/h5-7,15-16H,8-10H2,1-4H3. The molecule has 0 amide bonds. The van der Waals surface area contributed by atoms with E-state index in [-0.39, 0.29) is 12.1 Å². The zero-order valence-electron chi connectivity index (χ0n) is 12.0. The third-order valence-electron chi connectivity index (χ3n) is 3.24. The normalized spacial score (nSPS) is 13.7. The molecule has 0 spiro atoms. The summed E-state index contributed by atoms with van der Waals surface area (Å²) in [6.45, 7) is 2.44. The summed E-state index contributed by atoms with van der Waals surface area (Å²) in [4.78, 5) is 0. The molecule has 0 aliphatic rings. The Bertz CT molecular complexity index is 369. The molecule has 0 fully saturated rings. The number of ether oxygens (including phenoxy) is 3. The number of aliphatic hydroxyl groups excluding tert-OH is 1. The molecule has 1 aromatic carbocycles. The van der Waals surface area contributed by atoms with Gasteiger partial charge in [0.1, 0.15) is 0 Å². The van der Waals surface area contributed by atoms with Gasteiger partial charge in [-0.2, -0.15) is 0 Å². The lowest BCUT2D eigenvalue weighted by Crippen LogP contribution is -2.44. The van der Waals surface area contributed by atoms with E-state index in [1.165, 1.54) is 0 Å². The fourth-order valence-corrected chi connectivity index (χ4v) is 1.62. The highest BCUT2D eigenvalue weighted by molar-refractivity contribution is 5.51. The molecule has 19 heavy (non-hydrogen) atoms. The number of likely N-dealkylation sites (N-methyl/N-ethyl adjacent to an activating group) is 1. The van der Waals surface area contributed by atoms with E-state index in [4.69, 9.17) is 14.2 Å². The number of benzene rings is 1. The molecule has 0 heterocycles. The molecular formula is C14H23NO4. The van der Waals surface area contributed by atoms with E-state index < -0.39 is 0 Å². The second-order valence-corrected chi connectivity index (χ2v) is 4.56. The van der Waals surface area contributed by atoms with Crippen LogP contribution in [0.1, 0.15) is 13.3 Å². The van der Waals surface area contributed by atoms with Crippen LogP contribution >= 0.6 is 0 Å². The minimum atomic E-state index is -0.352. The highest BCUT2D eigenvalue weighted by Gasteiger charge is 2.21. The first kappa shape index (κ1) is 15.6. The third-order valence-corrected chi connectivity index (χ3v) is 3.24. The summed E-state index contributed by atoms with van der Waals surface area (Å²) in [7, 11) is 5.00. The van der Waals surface area contributed by atoms with Gasteiger partial charge >= 0.3 is 0 Å². The van der Waals surface area contributed by atoms with E-state index in [0.29, 0.717) is 30.3 Å². The minimum Gasteiger partial charge on any atom is -0.493 e. The Labute approximate surface area is 114 Å². The summed E-state index contributed by atoms with van der Waals surface area (Å²) in [5.74, 6) is 1.85. The van der Waals surface area contributed by atoms with Crippen LogP contribution in [0.5, 0.6) is 17.2 Å². The molecule has 1 rings (SSSR count). The van der Waals surface area contributed by atoms with Gasteiger partial charge in [0.2, 0.25) is 5.75 Å². The van der Waals surface area contributed by atoms with Gasteiger partial charge in [-0.3, -0.25) is 0 Å². The molecular weight excluding hydrogens is 246 g/mol. The quantitative estimate of drug-likeness (QED) is 0.748. The van der Waals surface area contributed by atoms with Crippen LogP contribution in [-0.2, 0) is 0 Å². The Morgan fingerprint density at radius 3 is 2.21 bits per heavy atom. The number of aliphatic hydroxyl groups is 1. The first-order valence-electron chi connectivity index (χ1n) is 6.23. The molecule has 0 bridgehead atoms. The molecule has 0 radical (unpaired) electrons. The zero-order valence-corrected chi connectivity index (χ0v) is 12.0. The number of hydrogen-bond acceptors (Lipinski definition) is 5. The molecule has 0 aliphatic heterocycles. The van der Waals surface area contributed by atoms with E-state index in [9.17, 15) is 5.11 Å². The first-order chi connectivity index (χ1) is 9.10. The van der Waals surface area contributed by atoms with Crippen LogP contribution in [0.3, 0.4) is 0 Å². The van der Waals surface area contributed by atoms with Crippen molar-refractivity contribution in [3.63, 3.8) is 0 Å². The maximum atomic E-state index is 9.32. The smallest absolute Gasteiger partial charge is 0.203 e. The van der Waals surface area contributed by atoms with Crippen molar-refractivity contribution in [2.45, 2.75) is 18.9 Å². The highest BCUT2D eigenvalue weighted by atomic mass is 16.5. The molecule has 1 unspecified atom stereocenters. The maximum absolute atomic E-state index is 9.32. The molecule has 0 aliphatic carbocycles. The first-order valence-corrected chi connectivity index (χ1v) is 6.23. The van der Waals surface area contributed by atoms with Gasteiger partial charge in [0.25, 0.3) is 0 Å². The molecule has 0 aromatic heterocycles. The summed E-state index contributed by atoms with van der Waals surface area (Å²) in [6.07, 6.45) is 0.668. The maximum Gasteiger partial charge on any atom is 0.203 e. The van der Waals surface area contributed by atoms with Crippen LogP contribution in [0.4, 0.5) is 0 Å². The van der Waals surface area contributed by atoms with Gasteiger partial charge in [-0.25, -0.2) is 0 Å². The largest absolute Gasteiger partial charge is 0.493 e. The van der Waals surface area contributed by atoms with Crippen molar-refractivity contribution >= 4 is 0 Å². The third kappa shape index (κ3) is 4.01. The number of rotatable bonds is 8. The van der Waals surface area contributed by atoms with Crippen molar-refractivity contribution in [2.24, 2.45) is 0 Å². The van der Waals surface area contributed by atoms with Crippen LogP contribution in [0.2, 0.25) is 0 Å². The average Bonchev–Trinajstić information content (AvgIpc) is 2.46. The van der Waals surface area contributed by atoms with Crippen molar-refractivity contribution in [1.82, 2.24) is 5.32 Å². The summed E-state index contributed by atoms with van der Waals surface area (Å²) in [5, 5.41) is 12.4. The van der Waals surface area contributed by atoms with Gasteiger partial charge in [0.15, 0.2) is 11.5 Å². The van der Waals surface area contributed by atoms with E-state index >= 15 is 0 Å². The second-order valence-electron chi connectivity index (χ2n) is 4.56. The van der Waals surface area contributed by atoms with Crippen LogP contribution in [0, 0.1) is 0 Å². The minimum absolute atomic E-state index is 0.0515. The molecule has 0 saturated carbocycles. The van der Waals surface area contributed by atoms with E-state index in [1.807, 2.05) is 32.2 Å². The van der Waals surface area contributed by atoms with Crippen molar-refractivity contribution in [1.29, 1.82) is 0 Å². The number of para-hydroxylation sites is 1. The highest BCUT2D eigenvalue weighted by Crippen LogP contribution is 2.36. The molecule has 0 saturated heterocycles. The average molecular weight is 269 g/mol. The fraction of sp³-hybridized carbons (Fsp3) is 0.571. The Kier molecular flexibility index (Phi) is 5.92. The molecule has 108 valence electrons. The summed E-state index contributed by atoms with van der Waals surface area (Å²) >= 11 is 0. The molecule has 5 nitrogen and oxygen atoms in total. The Morgan fingerprint density at radius 1 is 1.21 bits per heavy atom. The Hall–Kier alpha value is -1.46. The van der Waals surface area contributed by atoms with Gasteiger partial charge in [-0.05, 0) is 26.1 Å². The van der Waals surface area contributed by atoms with E-state index in [0.717, 1.165) is 0 Å². The summed E-state index contributed by atoms with van der Waals surface area (Å²) in [5.41, 5.74) is -0.352. The van der Waals surface area contributed by atoms with Crippen LogP contribution in [0.15, 0.2) is 18.2 Å². The second kappa shape index (κ2) is 7.21. The van der Waals surface area contributed by atoms with Gasteiger partial charge in [-0.15, -0.1) is 0 Å². The lowest BCUT2D eigenvalue weighted by atomic mass is 10.0. The zero-order chi connectivity index (χ0) is 14.3. The lowest BCUT2D eigenvalue weighted by Gasteiger charge is -2.26.